The summed E-state index contributed by atoms with van der Waals surface area (Å²) in [4.78, 5) is 2.42. The van der Waals surface area contributed by atoms with Crippen LogP contribution in [0, 0.1) is 11.7 Å². The van der Waals surface area contributed by atoms with Crippen molar-refractivity contribution in [2.24, 2.45) is 5.92 Å². The normalized spacial score (nSPS) is 29.2. The van der Waals surface area contributed by atoms with E-state index in [1.165, 1.54) is 12.8 Å². The fourth-order valence-corrected chi connectivity index (χ4v) is 3.81. The summed E-state index contributed by atoms with van der Waals surface area (Å²) in [6.07, 6.45) is 2.58. The van der Waals surface area contributed by atoms with Crippen molar-refractivity contribution in [1.82, 2.24) is 10.2 Å². The molecule has 0 aromatic heterocycles. The topological polar surface area (TPSA) is 15.3 Å². The van der Waals surface area contributed by atoms with Crippen LogP contribution in [0.1, 0.15) is 31.4 Å². The summed E-state index contributed by atoms with van der Waals surface area (Å²) in [7, 11) is 0. The predicted molar refractivity (Wildman–Crippen MR) is 78.6 cm³/mol. The Labute approximate surface area is 122 Å². The van der Waals surface area contributed by atoms with Gasteiger partial charge < -0.3 is 5.32 Å². The van der Waals surface area contributed by atoms with Gasteiger partial charge in [0, 0.05) is 35.2 Å². The van der Waals surface area contributed by atoms with Gasteiger partial charge in [-0.15, -0.1) is 0 Å². The SMILES string of the molecule is CC(c1cc(Br)ccc1F)N1CC2CCCNC2C1. The maximum atomic E-state index is 14.0. The minimum Gasteiger partial charge on any atom is -0.312 e. The van der Waals surface area contributed by atoms with Gasteiger partial charge in [-0.2, -0.15) is 0 Å². The van der Waals surface area contributed by atoms with Crippen LogP contribution in [0.4, 0.5) is 4.39 Å². The number of rotatable bonds is 2. The molecule has 0 aliphatic carbocycles. The molecule has 0 amide bonds. The van der Waals surface area contributed by atoms with Gasteiger partial charge in [-0.25, -0.2) is 4.39 Å². The van der Waals surface area contributed by atoms with E-state index >= 15 is 0 Å². The lowest BCUT2D eigenvalue weighted by Crippen LogP contribution is -2.40. The second-order valence-electron chi connectivity index (χ2n) is 5.76. The Kier molecular flexibility index (Phi) is 3.92. The van der Waals surface area contributed by atoms with Crippen LogP contribution in [0.3, 0.4) is 0 Å². The number of benzene rings is 1. The van der Waals surface area contributed by atoms with Gasteiger partial charge in [0.05, 0.1) is 0 Å². The Morgan fingerprint density at radius 3 is 3.05 bits per heavy atom. The number of fused-ring (bicyclic) bond motifs is 1. The van der Waals surface area contributed by atoms with E-state index in [1.54, 1.807) is 12.1 Å². The highest BCUT2D eigenvalue weighted by Gasteiger charge is 2.36. The summed E-state index contributed by atoms with van der Waals surface area (Å²) in [5.74, 6) is 0.643. The molecule has 0 radical (unpaired) electrons. The second-order valence-corrected chi connectivity index (χ2v) is 6.67. The van der Waals surface area contributed by atoms with Crippen molar-refractivity contribution in [3.8, 4) is 0 Å². The Morgan fingerprint density at radius 1 is 1.42 bits per heavy atom. The van der Waals surface area contributed by atoms with E-state index in [0.29, 0.717) is 6.04 Å². The largest absolute Gasteiger partial charge is 0.312 e. The van der Waals surface area contributed by atoms with E-state index in [4.69, 9.17) is 0 Å². The molecule has 2 fully saturated rings. The monoisotopic (exact) mass is 326 g/mol. The van der Waals surface area contributed by atoms with Gasteiger partial charge in [-0.3, -0.25) is 4.90 Å². The summed E-state index contributed by atoms with van der Waals surface area (Å²) in [5.41, 5.74) is 0.799. The maximum absolute atomic E-state index is 14.0. The van der Waals surface area contributed by atoms with Crippen molar-refractivity contribution >= 4 is 15.9 Å². The fourth-order valence-electron chi connectivity index (χ4n) is 3.43. The molecular weight excluding hydrogens is 307 g/mol. The Bertz CT molecular complexity index is 451. The molecule has 19 heavy (non-hydrogen) atoms. The molecule has 4 heteroatoms. The first-order chi connectivity index (χ1) is 9.15. The zero-order valence-corrected chi connectivity index (χ0v) is 12.8. The number of hydrogen-bond donors (Lipinski definition) is 1. The standard InChI is InChI=1S/C15H20BrFN2/c1-10(13-7-12(16)4-5-14(13)17)19-8-11-3-2-6-18-15(11)9-19/h4-5,7,10-11,15,18H,2-3,6,8-9H2,1H3. The quantitative estimate of drug-likeness (QED) is 0.896. The van der Waals surface area contributed by atoms with E-state index in [-0.39, 0.29) is 11.9 Å². The minimum absolute atomic E-state index is 0.0986. The number of nitrogens with one attached hydrogen (secondary N) is 1. The van der Waals surface area contributed by atoms with Gasteiger partial charge >= 0.3 is 0 Å². The molecule has 1 aromatic rings. The highest BCUT2D eigenvalue weighted by molar-refractivity contribution is 9.10. The first-order valence-electron chi connectivity index (χ1n) is 7.07. The van der Waals surface area contributed by atoms with E-state index in [1.807, 2.05) is 6.07 Å². The van der Waals surface area contributed by atoms with E-state index in [2.05, 4.69) is 33.1 Å². The smallest absolute Gasteiger partial charge is 0.128 e. The molecule has 0 spiro atoms. The molecule has 2 saturated heterocycles. The molecule has 3 unspecified atom stereocenters. The van der Waals surface area contributed by atoms with Gasteiger partial charge in [-0.05, 0) is 50.4 Å². The third-order valence-corrected chi connectivity index (χ3v) is 5.08. The lowest BCUT2D eigenvalue weighted by Gasteiger charge is -2.25. The highest BCUT2D eigenvalue weighted by atomic mass is 79.9. The molecule has 1 N–H and O–H groups in total. The number of nitrogens with zero attached hydrogens (tertiary/aromatic N) is 1. The Balaban J connectivity index is 1.77. The average molecular weight is 327 g/mol. The fraction of sp³-hybridized carbons (Fsp3) is 0.600. The molecule has 3 rings (SSSR count). The van der Waals surface area contributed by atoms with Crippen LogP contribution >= 0.6 is 15.9 Å². The minimum atomic E-state index is -0.0986. The molecule has 2 nitrogen and oxygen atoms in total. The Hall–Kier alpha value is -0.450. The van der Waals surface area contributed by atoms with E-state index in [9.17, 15) is 4.39 Å². The van der Waals surface area contributed by atoms with Crippen molar-refractivity contribution in [1.29, 1.82) is 0 Å². The first-order valence-corrected chi connectivity index (χ1v) is 7.87. The van der Waals surface area contributed by atoms with Crippen molar-refractivity contribution < 1.29 is 4.39 Å². The molecule has 2 aliphatic heterocycles. The molecule has 1 aromatic carbocycles. The summed E-state index contributed by atoms with van der Waals surface area (Å²) in [6.45, 7) is 5.37. The van der Waals surface area contributed by atoms with Crippen LogP contribution < -0.4 is 5.32 Å². The van der Waals surface area contributed by atoms with Gasteiger partial charge in [0.15, 0.2) is 0 Å². The number of hydrogen-bond acceptors (Lipinski definition) is 2. The predicted octanol–water partition coefficient (Wildman–Crippen LogP) is 3.33. The van der Waals surface area contributed by atoms with Crippen molar-refractivity contribution in [2.45, 2.75) is 31.8 Å². The van der Waals surface area contributed by atoms with Crippen LogP contribution in [0.25, 0.3) is 0 Å². The molecule has 0 saturated carbocycles. The summed E-state index contributed by atoms with van der Waals surface area (Å²) in [5, 5.41) is 3.60. The van der Waals surface area contributed by atoms with Crippen molar-refractivity contribution in [3.63, 3.8) is 0 Å². The highest BCUT2D eigenvalue weighted by Crippen LogP contribution is 2.33. The number of piperidine rings is 1. The molecule has 3 atom stereocenters. The van der Waals surface area contributed by atoms with Crippen LogP contribution in [-0.4, -0.2) is 30.6 Å². The molecular formula is C15H20BrFN2. The maximum Gasteiger partial charge on any atom is 0.128 e. The van der Waals surface area contributed by atoms with Crippen LogP contribution in [0.5, 0.6) is 0 Å². The van der Waals surface area contributed by atoms with E-state index < -0.39 is 0 Å². The third kappa shape index (κ3) is 2.71. The Morgan fingerprint density at radius 2 is 2.26 bits per heavy atom. The van der Waals surface area contributed by atoms with Gasteiger partial charge in [0.25, 0.3) is 0 Å². The van der Waals surface area contributed by atoms with Crippen LogP contribution in [-0.2, 0) is 0 Å². The number of likely N-dealkylation sites (tertiary alicyclic amines) is 1. The van der Waals surface area contributed by atoms with E-state index in [0.717, 1.165) is 35.6 Å². The molecule has 104 valence electrons. The summed E-state index contributed by atoms with van der Waals surface area (Å²) >= 11 is 3.44. The first kappa shape index (κ1) is 13.5. The molecule has 2 aliphatic rings. The van der Waals surface area contributed by atoms with Crippen LogP contribution in [0.15, 0.2) is 22.7 Å². The molecule has 0 bridgehead atoms. The molecule has 2 heterocycles. The third-order valence-electron chi connectivity index (χ3n) is 4.58. The second kappa shape index (κ2) is 5.51. The summed E-state index contributed by atoms with van der Waals surface area (Å²) < 4.78 is 14.9. The van der Waals surface area contributed by atoms with Gasteiger partial charge in [-0.1, -0.05) is 15.9 Å². The van der Waals surface area contributed by atoms with Crippen LogP contribution in [0.2, 0.25) is 0 Å². The zero-order valence-electron chi connectivity index (χ0n) is 11.2. The number of halogens is 2. The summed E-state index contributed by atoms with van der Waals surface area (Å²) in [6, 6.07) is 5.97. The van der Waals surface area contributed by atoms with Crippen molar-refractivity contribution in [2.75, 3.05) is 19.6 Å². The van der Waals surface area contributed by atoms with Gasteiger partial charge in [0.2, 0.25) is 0 Å². The zero-order chi connectivity index (χ0) is 13.4. The average Bonchev–Trinajstić information content (AvgIpc) is 2.84. The van der Waals surface area contributed by atoms with Crippen molar-refractivity contribution in [3.05, 3.63) is 34.1 Å². The lowest BCUT2D eigenvalue weighted by atomic mass is 9.94. The lowest BCUT2D eigenvalue weighted by molar-refractivity contribution is 0.245. The van der Waals surface area contributed by atoms with Gasteiger partial charge in [0.1, 0.15) is 5.82 Å².